The van der Waals surface area contributed by atoms with E-state index in [0.717, 1.165) is 12.8 Å². The van der Waals surface area contributed by atoms with E-state index in [0.29, 0.717) is 7.25 Å². The van der Waals surface area contributed by atoms with Crippen LogP contribution in [-0.2, 0) is 32.1 Å². The Labute approximate surface area is 263 Å². The molecule has 0 saturated carbocycles. The third-order valence-electron chi connectivity index (χ3n) is 8.31. The first-order valence-corrected chi connectivity index (χ1v) is 23.6. The van der Waals surface area contributed by atoms with Crippen LogP contribution in [0.25, 0.3) is 11.1 Å². The van der Waals surface area contributed by atoms with E-state index in [4.69, 9.17) is 8.85 Å². The van der Waals surface area contributed by atoms with Gasteiger partial charge in [0.05, 0.1) is 0 Å². The molecule has 0 amide bonds. The minimum atomic E-state index is -1.78. The van der Waals surface area contributed by atoms with Crippen molar-refractivity contribution in [3.05, 3.63) is 82.3 Å². The first-order valence-electron chi connectivity index (χ1n) is 14.5. The van der Waals surface area contributed by atoms with Crippen molar-refractivity contribution in [2.75, 3.05) is 0 Å². The quantitative estimate of drug-likeness (QED) is 0.356. The van der Waals surface area contributed by atoms with Crippen LogP contribution >= 0.6 is 0 Å². The van der Waals surface area contributed by atoms with E-state index in [1.54, 1.807) is 11.1 Å². The van der Waals surface area contributed by atoms with Crippen molar-refractivity contribution in [3.8, 4) is 0 Å². The van der Waals surface area contributed by atoms with Gasteiger partial charge in [-0.1, -0.05) is 0 Å². The normalized spacial score (nSPS) is 19.3. The van der Waals surface area contributed by atoms with Crippen molar-refractivity contribution in [2.24, 2.45) is 0 Å². The molecule has 3 aliphatic rings. The fourth-order valence-electron chi connectivity index (χ4n) is 6.35. The SMILES string of the molecule is CCCC[Si](C)(C)OC1=C2CCC3=C(O[Si](C)(C)CCCC)[CH]([Zr+2][CH]1c1ccccc12)c1ccccc13.[Cl-].[Cl-]. The fraction of sp³-hybridized carbons (Fsp3) is 0.500. The second kappa shape index (κ2) is 13.6. The van der Waals surface area contributed by atoms with E-state index < -0.39 is 39.9 Å². The largest absolute Gasteiger partial charge is 1.00 e. The first kappa shape index (κ1) is 32.9. The van der Waals surface area contributed by atoms with Crippen LogP contribution in [0.15, 0.2) is 60.0 Å². The summed E-state index contributed by atoms with van der Waals surface area (Å²) in [6, 6.07) is 21.0. The standard InChI is InChI=1S/C32H44O2Si2.2ClH.Zr/c1-7-9-21-35(3,4)33-31-23-25-15-11-13-17-27(25)29(31)19-20-30-28-18-14-12-16-26(28)24-32(30)34-36(5,6)22-10-8-2;;;/h11-18,23-24H,7-10,19-22H2,1-6H3;2*1H;/q;;;+2/p-2. The molecule has 0 radical (unpaired) electrons. The number of hydrogen-bond donors (Lipinski definition) is 0. The topological polar surface area (TPSA) is 18.5 Å². The summed E-state index contributed by atoms with van der Waals surface area (Å²) in [6.07, 6.45) is 7.15. The monoisotopic (exact) mass is 676 g/mol. The fourth-order valence-corrected chi connectivity index (χ4v) is 16.0. The average molecular weight is 679 g/mol. The Balaban J connectivity index is 0.00000210. The summed E-state index contributed by atoms with van der Waals surface area (Å²) < 4.78 is 15.4. The maximum absolute atomic E-state index is 7.24. The second-order valence-corrected chi connectivity index (χ2v) is 24.4. The maximum Gasteiger partial charge on any atom is -1.00 e. The number of benzene rings is 2. The Hall–Kier alpha value is -0.583. The third kappa shape index (κ3) is 6.91. The maximum atomic E-state index is 7.24. The summed E-state index contributed by atoms with van der Waals surface area (Å²) in [6.45, 7) is 14.4. The molecule has 210 valence electrons. The third-order valence-corrected chi connectivity index (χ3v) is 17.4. The van der Waals surface area contributed by atoms with E-state index in [-0.39, 0.29) is 24.8 Å². The van der Waals surface area contributed by atoms with Gasteiger partial charge in [0.1, 0.15) is 0 Å². The average Bonchev–Trinajstić information content (AvgIpc) is 3.33. The summed E-state index contributed by atoms with van der Waals surface area (Å²) in [7, 11) is -3.56. The van der Waals surface area contributed by atoms with E-state index in [2.05, 4.69) is 88.6 Å². The summed E-state index contributed by atoms with van der Waals surface area (Å²) in [5, 5.41) is 0. The predicted molar refractivity (Wildman–Crippen MR) is 158 cm³/mol. The zero-order chi connectivity index (χ0) is 26.2. The van der Waals surface area contributed by atoms with Gasteiger partial charge in [0, 0.05) is 0 Å². The van der Waals surface area contributed by atoms with Crippen molar-refractivity contribution < 1.29 is 56.9 Å². The molecule has 0 N–H and O–H groups in total. The molecule has 0 spiro atoms. The van der Waals surface area contributed by atoms with Gasteiger partial charge in [-0.25, -0.2) is 0 Å². The van der Waals surface area contributed by atoms with Gasteiger partial charge in [0.25, 0.3) is 0 Å². The van der Waals surface area contributed by atoms with Crippen molar-refractivity contribution in [2.45, 2.75) is 97.9 Å². The molecule has 2 atom stereocenters. The molecule has 0 aromatic heterocycles. The van der Waals surface area contributed by atoms with Gasteiger partial charge < -0.3 is 24.8 Å². The van der Waals surface area contributed by atoms with Crippen molar-refractivity contribution in [3.63, 3.8) is 0 Å². The number of fused-ring (bicyclic) bond motifs is 8. The number of halogens is 2. The number of hydrogen-bond acceptors (Lipinski definition) is 2. The van der Waals surface area contributed by atoms with Crippen LogP contribution in [0.5, 0.6) is 0 Å². The van der Waals surface area contributed by atoms with Crippen LogP contribution in [0.4, 0.5) is 0 Å². The van der Waals surface area contributed by atoms with Crippen molar-refractivity contribution >= 4 is 27.8 Å². The Morgan fingerprint density at radius 3 is 1.44 bits per heavy atom. The van der Waals surface area contributed by atoms with Crippen LogP contribution in [0.2, 0.25) is 38.3 Å². The molecular formula is C32H44Cl2O2Si2Zr. The Kier molecular flexibility index (Phi) is 11.5. The molecular weight excluding hydrogens is 635 g/mol. The summed E-state index contributed by atoms with van der Waals surface area (Å²) in [5.41, 5.74) is 9.09. The zero-order valence-electron chi connectivity index (χ0n) is 24.5. The molecule has 7 heteroatoms. The Bertz CT molecular complexity index is 1130. The van der Waals surface area contributed by atoms with Gasteiger partial charge in [-0.2, -0.15) is 0 Å². The molecule has 2 nitrogen and oxygen atoms in total. The summed E-state index contributed by atoms with van der Waals surface area (Å²) in [5.74, 6) is 2.76. The molecule has 2 aromatic carbocycles. The smallest absolute Gasteiger partial charge is 1.00 e. The van der Waals surface area contributed by atoms with E-state index in [1.807, 2.05) is 0 Å². The van der Waals surface area contributed by atoms with E-state index >= 15 is 0 Å². The Morgan fingerprint density at radius 2 is 1.05 bits per heavy atom. The van der Waals surface area contributed by atoms with E-state index in [1.165, 1.54) is 71.6 Å². The molecule has 1 aliphatic heterocycles. The number of rotatable bonds is 10. The van der Waals surface area contributed by atoms with Gasteiger partial charge in [0.2, 0.25) is 0 Å². The van der Waals surface area contributed by atoms with Gasteiger partial charge in [0.15, 0.2) is 0 Å². The molecule has 39 heavy (non-hydrogen) atoms. The summed E-state index contributed by atoms with van der Waals surface area (Å²) in [4.78, 5) is 0. The van der Waals surface area contributed by atoms with Crippen LogP contribution in [0, 0.1) is 0 Å². The molecule has 2 aromatic rings. The zero-order valence-corrected chi connectivity index (χ0v) is 30.5. The van der Waals surface area contributed by atoms with Gasteiger partial charge >= 0.3 is 240 Å². The molecule has 5 rings (SSSR count). The minimum Gasteiger partial charge on any atom is -1.00 e. The molecule has 2 aliphatic carbocycles. The molecule has 2 unspecified atom stereocenters. The van der Waals surface area contributed by atoms with E-state index in [9.17, 15) is 0 Å². The molecule has 0 saturated heterocycles. The molecule has 0 fully saturated rings. The van der Waals surface area contributed by atoms with Crippen LogP contribution in [0.3, 0.4) is 0 Å². The van der Waals surface area contributed by atoms with Crippen LogP contribution < -0.4 is 24.8 Å². The first-order chi connectivity index (χ1) is 17.7. The molecule has 1 heterocycles. The predicted octanol–water partition coefficient (Wildman–Crippen LogP) is 3.85. The van der Waals surface area contributed by atoms with Crippen LogP contribution in [-0.4, -0.2) is 16.6 Å². The van der Waals surface area contributed by atoms with Crippen molar-refractivity contribution in [1.29, 1.82) is 0 Å². The number of allylic oxidation sites excluding steroid dienone is 4. The second-order valence-electron chi connectivity index (χ2n) is 12.3. The minimum absolute atomic E-state index is 0. The molecule has 4 bridgehead atoms. The van der Waals surface area contributed by atoms with Crippen molar-refractivity contribution in [1.82, 2.24) is 0 Å². The number of unbranched alkanes of at least 4 members (excludes halogenated alkanes) is 2. The Morgan fingerprint density at radius 1 is 0.667 bits per heavy atom. The van der Waals surface area contributed by atoms with Gasteiger partial charge in [-0.3, -0.25) is 0 Å². The van der Waals surface area contributed by atoms with Gasteiger partial charge in [-0.05, 0) is 0 Å². The van der Waals surface area contributed by atoms with Crippen LogP contribution in [0.1, 0.15) is 81.9 Å². The summed E-state index contributed by atoms with van der Waals surface area (Å²) >= 11 is -1.05. The van der Waals surface area contributed by atoms with Gasteiger partial charge in [-0.15, -0.1) is 0 Å².